The van der Waals surface area contributed by atoms with Crippen LogP contribution in [0.1, 0.15) is 30.4 Å². The maximum Gasteiger partial charge on any atom is 0.237 e. The van der Waals surface area contributed by atoms with E-state index in [0.29, 0.717) is 12.4 Å². The van der Waals surface area contributed by atoms with Crippen LogP contribution in [-0.4, -0.2) is 40.5 Å². The van der Waals surface area contributed by atoms with Gasteiger partial charge in [0.25, 0.3) is 0 Å². The Morgan fingerprint density at radius 1 is 1.24 bits per heavy atom. The fourth-order valence-electron chi connectivity index (χ4n) is 3.18. The van der Waals surface area contributed by atoms with Crippen molar-refractivity contribution in [1.29, 1.82) is 0 Å². The van der Waals surface area contributed by atoms with Gasteiger partial charge in [0.2, 0.25) is 11.8 Å². The number of hydrogen-bond acceptors (Lipinski definition) is 5. The van der Waals surface area contributed by atoms with Crippen molar-refractivity contribution in [3.8, 4) is 5.88 Å². The lowest BCUT2D eigenvalue weighted by Crippen LogP contribution is -2.48. The number of pyridine rings is 2. The number of carbonyl (C=O) groups is 1. The molecule has 3 heterocycles. The number of ether oxygens (including phenoxy) is 1. The number of nitrogens with zero attached hydrogens (tertiary/aromatic N) is 3. The van der Waals surface area contributed by atoms with Crippen molar-refractivity contribution >= 4 is 5.91 Å². The average molecular weight is 340 g/mol. The first-order chi connectivity index (χ1) is 12.3. The SMILES string of the molecule is COc1cc(CNC(=O)C2CCCCN2Cc2ccncc2)ccn1. The summed E-state index contributed by atoms with van der Waals surface area (Å²) in [6.45, 7) is 2.21. The lowest BCUT2D eigenvalue weighted by atomic mass is 10.0. The fraction of sp³-hybridized carbons (Fsp3) is 0.421. The van der Waals surface area contributed by atoms with Gasteiger partial charge in [0.05, 0.1) is 13.2 Å². The van der Waals surface area contributed by atoms with Crippen molar-refractivity contribution in [1.82, 2.24) is 20.2 Å². The molecule has 3 rings (SSSR count). The van der Waals surface area contributed by atoms with E-state index in [-0.39, 0.29) is 11.9 Å². The number of rotatable bonds is 6. The molecule has 25 heavy (non-hydrogen) atoms. The molecule has 6 heteroatoms. The molecule has 0 saturated carbocycles. The second-order valence-corrected chi connectivity index (χ2v) is 6.26. The first kappa shape index (κ1) is 17.4. The number of likely N-dealkylation sites (tertiary alicyclic amines) is 1. The summed E-state index contributed by atoms with van der Waals surface area (Å²) in [5.74, 6) is 0.647. The highest BCUT2D eigenvalue weighted by atomic mass is 16.5. The quantitative estimate of drug-likeness (QED) is 0.873. The number of aromatic nitrogens is 2. The molecule has 1 N–H and O–H groups in total. The van der Waals surface area contributed by atoms with Gasteiger partial charge in [-0.1, -0.05) is 6.42 Å². The monoisotopic (exact) mass is 340 g/mol. The van der Waals surface area contributed by atoms with Crippen LogP contribution in [-0.2, 0) is 17.9 Å². The maximum atomic E-state index is 12.7. The third kappa shape index (κ3) is 4.76. The minimum Gasteiger partial charge on any atom is -0.481 e. The van der Waals surface area contributed by atoms with E-state index in [0.717, 1.165) is 37.9 Å². The van der Waals surface area contributed by atoms with Gasteiger partial charge in [0, 0.05) is 37.7 Å². The van der Waals surface area contributed by atoms with Gasteiger partial charge in [-0.15, -0.1) is 0 Å². The Bertz CT molecular complexity index is 693. The van der Waals surface area contributed by atoms with Gasteiger partial charge in [0.1, 0.15) is 0 Å². The zero-order valence-corrected chi connectivity index (χ0v) is 14.5. The molecule has 1 amide bonds. The van der Waals surface area contributed by atoms with Crippen LogP contribution < -0.4 is 10.1 Å². The summed E-state index contributed by atoms with van der Waals surface area (Å²) in [6, 6.07) is 7.67. The number of methoxy groups -OCH3 is 1. The molecule has 1 fully saturated rings. The van der Waals surface area contributed by atoms with E-state index in [1.54, 1.807) is 25.7 Å². The molecule has 0 aromatic carbocycles. The van der Waals surface area contributed by atoms with Crippen molar-refractivity contribution in [3.05, 3.63) is 54.0 Å². The minimum absolute atomic E-state index is 0.0781. The van der Waals surface area contributed by atoms with E-state index in [9.17, 15) is 4.79 Å². The van der Waals surface area contributed by atoms with Crippen LogP contribution in [0.5, 0.6) is 5.88 Å². The molecule has 1 aliphatic rings. The van der Waals surface area contributed by atoms with Crippen LogP contribution in [0.4, 0.5) is 0 Å². The van der Waals surface area contributed by atoms with Crippen LogP contribution in [0.25, 0.3) is 0 Å². The second-order valence-electron chi connectivity index (χ2n) is 6.26. The highest BCUT2D eigenvalue weighted by Gasteiger charge is 2.28. The number of amides is 1. The Hall–Kier alpha value is -2.47. The fourth-order valence-corrected chi connectivity index (χ4v) is 3.18. The molecule has 0 bridgehead atoms. The first-order valence-corrected chi connectivity index (χ1v) is 8.66. The summed E-state index contributed by atoms with van der Waals surface area (Å²) in [5.41, 5.74) is 2.17. The van der Waals surface area contributed by atoms with E-state index in [4.69, 9.17) is 4.74 Å². The third-order valence-corrected chi connectivity index (χ3v) is 4.53. The molecular formula is C19H24N4O2. The zero-order valence-electron chi connectivity index (χ0n) is 14.5. The second kappa shape index (κ2) is 8.58. The molecule has 1 aliphatic heterocycles. The average Bonchev–Trinajstić information content (AvgIpc) is 2.67. The third-order valence-electron chi connectivity index (χ3n) is 4.53. The normalized spacial score (nSPS) is 17.9. The molecule has 2 aromatic heterocycles. The van der Waals surface area contributed by atoms with Gasteiger partial charge in [-0.3, -0.25) is 14.7 Å². The van der Waals surface area contributed by atoms with Crippen LogP contribution in [0, 0.1) is 0 Å². The summed E-state index contributed by atoms with van der Waals surface area (Å²) in [6.07, 6.45) is 8.41. The van der Waals surface area contributed by atoms with Crippen LogP contribution >= 0.6 is 0 Å². The maximum absolute atomic E-state index is 12.7. The van der Waals surface area contributed by atoms with E-state index in [1.807, 2.05) is 24.3 Å². The molecule has 2 aromatic rings. The van der Waals surface area contributed by atoms with Crippen molar-refractivity contribution in [2.45, 2.75) is 38.4 Å². The lowest BCUT2D eigenvalue weighted by molar-refractivity contribution is -0.128. The molecule has 6 nitrogen and oxygen atoms in total. The van der Waals surface area contributed by atoms with Crippen LogP contribution in [0.2, 0.25) is 0 Å². The predicted molar refractivity (Wildman–Crippen MR) is 94.9 cm³/mol. The minimum atomic E-state index is -0.0781. The lowest BCUT2D eigenvalue weighted by Gasteiger charge is -2.34. The molecular weight excluding hydrogens is 316 g/mol. The highest BCUT2D eigenvalue weighted by Crippen LogP contribution is 2.20. The van der Waals surface area contributed by atoms with E-state index >= 15 is 0 Å². The Labute approximate surface area is 148 Å². The van der Waals surface area contributed by atoms with Crippen molar-refractivity contribution in [2.24, 2.45) is 0 Å². The number of nitrogens with one attached hydrogen (secondary N) is 1. The van der Waals surface area contributed by atoms with Gasteiger partial charge in [0.15, 0.2) is 0 Å². The molecule has 0 aliphatic carbocycles. The summed E-state index contributed by atoms with van der Waals surface area (Å²) in [5, 5.41) is 3.06. The van der Waals surface area contributed by atoms with E-state index in [1.165, 1.54) is 5.56 Å². The summed E-state index contributed by atoms with van der Waals surface area (Å²) >= 11 is 0. The Morgan fingerprint density at radius 2 is 2.04 bits per heavy atom. The van der Waals surface area contributed by atoms with Crippen molar-refractivity contribution < 1.29 is 9.53 Å². The van der Waals surface area contributed by atoms with Gasteiger partial charge in [-0.2, -0.15) is 0 Å². The van der Waals surface area contributed by atoms with Crippen LogP contribution in [0.3, 0.4) is 0 Å². The predicted octanol–water partition coefficient (Wildman–Crippen LogP) is 2.16. The van der Waals surface area contributed by atoms with Gasteiger partial charge < -0.3 is 10.1 Å². The molecule has 1 saturated heterocycles. The van der Waals surface area contributed by atoms with E-state index < -0.39 is 0 Å². The van der Waals surface area contributed by atoms with Gasteiger partial charge >= 0.3 is 0 Å². The first-order valence-electron chi connectivity index (χ1n) is 8.66. The molecule has 1 unspecified atom stereocenters. The molecule has 0 spiro atoms. The van der Waals surface area contributed by atoms with E-state index in [2.05, 4.69) is 20.2 Å². The highest BCUT2D eigenvalue weighted by molar-refractivity contribution is 5.81. The summed E-state index contributed by atoms with van der Waals surface area (Å²) in [7, 11) is 1.59. The number of piperidine rings is 1. The smallest absolute Gasteiger partial charge is 0.237 e. The molecule has 0 radical (unpaired) electrons. The topological polar surface area (TPSA) is 67.3 Å². The van der Waals surface area contributed by atoms with Gasteiger partial charge in [-0.25, -0.2) is 4.98 Å². The van der Waals surface area contributed by atoms with Crippen molar-refractivity contribution in [2.75, 3.05) is 13.7 Å². The summed E-state index contributed by atoms with van der Waals surface area (Å²) in [4.78, 5) is 23.1. The standard InChI is InChI=1S/C19H24N4O2/c1-25-18-12-16(7-10-21-18)13-22-19(24)17-4-2-3-11-23(17)14-15-5-8-20-9-6-15/h5-10,12,17H,2-4,11,13-14H2,1H3,(H,22,24). The Balaban J connectivity index is 1.60. The summed E-state index contributed by atoms with van der Waals surface area (Å²) < 4.78 is 5.12. The molecule has 1 atom stereocenters. The Kier molecular flexibility index (Phi) is 5.95. The number of hydrogen-bond donors (Lipinski definition) is 1. The molecule has 132 valence electrons. The Morgan fingerprint density at radius 3 is 2.84 bits per heavy atom. The largest absolute Gasteiger partial charge is 0.481 e. The van der Waals surface area contributed by atoms with Gasteiger partial charge in [-0.05, 0) is 48.7 Å². The van der Waals surface area contributed by atoms with Crippen LogP contribution in [0.15, 0.2) is 42.9 Å². The number of carbonyl (C=O) groups excluding carboxylic acids is 1. The van der Waals surface area contributed by atoms with Crippen molar-refractivity contribution in [3.63, 3.8) is 0 Å². The zero-order chi connectivity index (χ0) is 17.5.